The van der Waals surface area contributed by atoms with E-state index in [1.165, 1.54) is 0 Å². The molecule has 1 aliphatic rings. The van der Waals surface area contributed by atoms with Gasteiger partial charge in [-0.3, -0.25) is 4.79 Å². The van der Waals surface area contributed by atoms with Crippen molar-refractivity contribution in [2.24, 2.45) is 0 Å². The van der Waals surface area contributed by atoms with Crippen LogP contribution in [0.2, 0.25) is 0 Å². The fourth-order valence-corrected chi connectivity index (χ4v) is 3.86. The number of aryl methyl sites for hydroxylation is 1. The number of amides is 1. The van der Waals surface area contributed by atoms with Gasteiger partial charge in [-0.15, -0.1) is 12.4 Å². The van der Waals surface area contributed by atoms with Crippen molar-refractivity contribution in [1.29, 1.82) is 0 Å². The minimum absolute atomic E-state index is 0. The van der Waals surface area contributed by atoms with Gasteiger partial charge in [0.1, 0.15) is 11.6 Å². The van der Waals surface area contributed by atoms with Crippen molar-refractivity contribution >= 4 is 35.0 Å². The first-order valence-electron chi connectivity index (χ1n) is 10.3. The molecule has 0 bridgehead atoms. The van der Waals surface area contributed by atoms with Crippen LogP contribution in [0.15, 0.2) is 60.7 Å². The summed E-state index contributed by atoms with van der Waals surface area (Å²) in [6.45, 7) is 2.06. The molecule has 0 radical (unpaired) electrons. The standard InChI is InChI=1S/C24H27N3O2.ClH/c1-17-5-4-7-21(15-17)29-16-24(28)26-20-12-10-19(11-13-20)25-23-14-9-18-6-2-3-8-22(18)27-23;/h2-9,14-15,19-20H,10-13,16H2,1H3,(H,25,27)(H,26,28);1H/t19-,20+;. The third kappa shape index (κ3) is 5.86. The molecule has 1 amide bonds. The molecule has 0 aliphatic heterocycles. The first kappa shape index (κ1) is 21.9. The van der Waals surface area contributed by atoms with Gasteiger partial charge in [0.05, 0.1) is 5.52 Å². The Labute approximate surface area is 183 Å². The maximum atomic E-state index is 12.2. The van der Waals surface area contributed by atoms with E-state index in [1.54, 1.807) is 0 Å². The first-order chi connectivity index (χ1) is 14.2. The molecule has 1 aliphatic carbocycles. The summed E-state index contributed by atoms with van der Waals surface area (Å²) < 4.78 is 5.59. The second-order valence-electron chi connectivity index (χ2n) is 7.75. The quantitative estimate of drug-likeness (QED) is 0.590. The van der Waals surface area contributed by atoms with Crippen molar-refractivity contribution in [1.82, 2.24) is 10.3 Å². The molecule has 0 atom stereocenters. The molecule has 2 aromatic carbocycles. The molecule has 3 aromatic rings. The van der Waals surface area contributed by atoms with Crippen LogP contribution in [0.3, 0.4) is 0 Å². The van der Waals surface area contributed by atoms with Crippen molar-refractivity contribution in [3.8, 4) is 5.75 Å². The lowest BCUT2D eigenvalue weighted by Gasteiger charge is -2.30. The molecule has 4 rings (SSSR count). The van der Waals surface area contributed by atoms with E-state index in [2.05, 4.69) is 22.8 Å². The number of hydrogen-bond donors (Lipinski definition) is 2. The number of pyridine rings is 1. The average Bonchev–Trinajstić information content (AvgIpc) is 2.74. The molecule has 158 valence electrons. The van der Waals surface area contributed by atoms with E-state index in [9.17, 15) is 4.79 Å². The molecule has 0 spiro atoms. The van der Waals surface area contributed by atoms with Gasteiger partial charge >= 0.3 is 0 Å². The molecule has 1 fully saturated rings. The van der Waals surface area contributed by atoms with Crippen LogP contribution < -0.4 is 15.4 Å². The average molecular weight is 426 g/mol. The third-order valence-electron chi connectivity index (χ3n) is 5.40. The van der Waals surface area contributed by atoms with Gasteiger partial charge in [-0.2, -0.15) is 0 Å². The molecule has 5 nitrogen and oxygen atoms in total. The minimum Gasteiger partial charge on any atom is -0.484 e. The lowest BCUT2D eigenvalue weighted by Crippen LogP contribution is -2.42. The molecule has 1 aromatic heterocycles. The zero-order valence-corrected chi connectivity index (χ0v) is 18.0. The number of aromatic nitrogens is 1. The Hall–Kier alpha value is -2.79. The van der Waals surface area contributed by atoms with E-state index < -0.39 is 0 Å². The zero-order chi connectivity index (χ0) is 20.1. The summed E-state index contributed by atoms with van der Waals surface area (Å²) in [6, 6.07) is 20.6. The van der Waals surface area contributed by atoms with E-state index in [-0.39, 0.29) is 31.0 Å². The summed E-state index contributed by atoms with van der Waals surface area (Å²) >= 11 is 0. The normalized spacial score (nSPS) is 18.3. The Morgan fingerprint density at radius 1 is 1.00 bits per heavy atom. The summed E-state index contributed by atoms with van der Waals surface area (Å²) in [7, 11) is 0. The summed E-state index contributed by atoms with van der Waals surface area (Å²) in [5.41, 5.74) is 2.13. The lowest BCUT2D eigenvalue weighted by atomic mass is 9.91. The number of rotatable bonds is 6. The van der Waals surface area contributed by atoms with Crippen LogP contribution in [0, 0.1) is 6.92 Å². The largest absolute Gasteiger partial charge is 0.484 e. The van der Waals surface area contributed by atoms with Crippen LogP contribution >= 0.6 is 12.4 Å². The smallest absolute Gasteiger partial charge is 0.258 e. The third-order valence-corrected chi connectivity index (χ3v) is 5.40. The van der Waals surface area contributed by atoms with Gasteiger partial charge in [-0.25, -0.2) is 4.98 Å². The van der Waals surface area contributed by atoms with E-state index in [0.717, 1.165) is 53.7 Å². The van der Waals surface area contributed by atoms with Gasteiger partial charge in [0, 0.05) is 17.5 Å². The van der Waals surface area contributed by atoms with Crippen LogP contribution in [0.25, 0.3) is 10.9 Å². The van der Waals surface area contributed by atoms with Crippen molar-refractivity contribution in [2.45, 2.75) is 44.7 Å². The Morgan fingerprint density at radius 2 is 1.77 bits per heavy atom. The van der Waals surface area contributed by atoms with Crippen LogP contribution in [-0.2, 0) is 4.79 Å². The monoisotopic (exact) mass is 425 g/mol. The molecular weight excluding hydrogens is 398 g/mol. The number of anilines is 1. The topological polar surface area (TPSA) is 63.2 Å². The minimum atomic E-state index is -0.0564. The van der Waals surface area contributed by atoms with Gasteiger partial charge in [0.15, 0.2) is 6.61 Å². The number of nitrogens with zero attached hydrogens (tertiary/aromatic N) is 1. The Kier molecular flexibility index (Phi) is 7.52. The predicted octanol–water partition coefficient (Wildman–Crippen LogP) is 4.88. The Bertz CT molecular complexity index is 987. The first-order valence-corrected chi connectivity index (χ1v) is 10.3. The summed E-state index contributed by atoms with van der Waals surface area (Å²) in [6.07, 6.45) is 3.94. The number of benzene rings is 2. The predicted molar refractivity (Wildman–Crippen MR) is 123 cm³/mol. The highest BCUT2D eigenvalue weighted by Gasteiger charge is 2.22. The molecule has 1 saturated carbocycles. The number of para-hydroxylation sites is 1. The van der Waals surface area contributed by atoms with Gasteiger partial charge in [0.2, 0.25) is 0 Å². The SMILES string of the molecule is Cc1cccc(OCC(=O)N[C@H]2CC[C@@H](Nc3ccc4ccccc4n3)CC2)c1.Cl. The lowest BCUT2D eigenvalue weighted by molar-refractivity contribution is -0.124. The number of ether oxygens (including phenoxy) is 1. The second kappa shape index (κ2) is 10.3. The van der Waals surface area contributed by atoms with E-state index in [1.807, 2.05) is 55.5 Å². The highest BCUT2D eigenvalue weighted by Crippen LogP contribution is 2.23. The molecule has 6 heteroatoms. The summed E-state index contributed by atoms with van der Waals surface area (Å²) in [5, 5.41) is 7.81. The van der Waals surface area contributed by atoms with Gasteiger partial charge in [0.25, 0.3) is 5.91 Å². The number of nitrogens with one attached hydrogen (secondary N) is 2. The van der Waals surface area contributed by atoms with Crippen LogP contribution in [-0.4, -0.2) is 29.6 Å². The van der Waals surface area contributed by atoms with Crippen molar-refractivity contribution < 1.29 is 9.53 Å². The van der Waals surface area contributed by atoms with Crippen LogP contribution in [0.1, 0.15) is 31.2 Å². The number of carbonyl (C=O) groups excluding carboxylic acids is 1. The maximum absolute atomic E-state index is 12.2. The zero-order valence-electron chi connectivity index (χ0n) is 17.1. The van der Waals surface area contributed by atoms with Gasteiger partial charge in [-0.1, -0.05) is 30.3 Å². The van der Waals surface area contributed by atoms with Crippen LogP contribution in [0.5, 0.6) is 5.75 Å². The summed E-state index contributed by atoms with van der Waals surface area (Å²) in [4.78, 5) is 16.9. The number of halogens is 1. The fourth-order valence-electron chi connectivity index (χ4n) is 3.86. The van der Waals surface area contributed by atoms with Crippen molar-refractivity contribution in [3.63, 3.8) is 0 Å². The molecule has 1 heterocycles. The van der Waals surface area contributed by atoms with E-state index in [4.69, 9.17) is 9.72 Å². The Balaban J connectivity index is 0.00000256. The summed E-state index contributed by atoms with van der Waals surface area (Å²) in [5.74, 6) is 1.60. The van der Waals surface area contributed by atoms with E-state index in [0.29, 0.717) is 6.04 Å². The number of fused-ring (bicyclic) bond motifs is 1. The molecule has 30 heavy (non-hydrogen) atoms. The molecule has 0 saturated heterocycles. The van der Waals surface area contributed by atoms with Gasteiger partial charge in [-0.05, 0) is 68.5 Å². The van der Waals surface area contributed by atoms with E-state index >= 15 is 0 Å². The fraction of sp³-hybridized carbons (Fsp3) is 0.333. The van der Waals surface area contributed by atoms with Crippen LogP contribution in [0.4, 0.5) is 5.82 Å². The second-order valence-corrected chi connectivity index (χ2v) is 7.75. The highest BCUT2D eigenvalue weighted by molar-refractivity contribution is 5.85. The van der Waals surface area contributed by atoms with Crippen molar-refractivity contribution in [2.75, 3.05) is 11.9 Å². The maximum Gasteiger partial charge on any atom is 0.258 e. The highest BCUT2D eigenvalue weighted by atomic mass is 35.5. The number of carbonyl (C=O) groups is 1. The number of hydrogen-bond acceptors (Lipinski definition) is 4. The molecule has 2 N–H and O–H groups in total. The van der Waals surface area contributed by atoms with Gasteiger partial charge < -0.3 is 15.4 Å². The van der Waals surface area contributed by atoms with Crippen molar-refractivity contribution in [3.05, 3.63) is 66.2 Å². The molecule has 0 unspecified atom stereocenters. The Morgan fingerprint density at radius 3 is 2.57 bits per heavy atom. The molecular formula is C24H28ClN3O2.